The van der Waals surface area contributed by atoms with Gasteiger partial charge in [0, 0.05) is 0 Å². The summed E-state index contributed by atoms with van der Waals surface area (Å²) >= 11 is 6.70. The topological polar surface area (TPSA) is 66.8 Å². The fourth-order valence-corrected chi connectivity index (χ4v) is 4.32. The molecule has 0 aliphatic carbocycles. The Morgan fingerprint density at radius 3 is 2.69 bits per heavy atom. The molecule has 1 N–H and O–H groups in total. The molecule has 5 nitrogen and oxygen atoms in total. The number of thiocarbonyl (C=S) groups is 1. The van der Waals surface area contributed by atoms with Crippen LogP contribution < -0.4 is 9.64 Å². The maximum Gasteiger partial charge on any atom is 0.344 e. The second-order valence-corrected chi connectivity index (χ2v) is 8.41. The van der Waals surface area contributed by atoms with Crippen LogP contribution >= 0.6 is 24.0 Å². The number of rotatable bonds is 6. The first-order valence-electron chi connectivity index (χ1n) is 9.15. The maximum absolute atomic E-state index is 13.0. The molecular formula is C22H21NO4S2. The minimum absolute atomic E-state index is 0.171. The van der Waals surface area contributed by atoms with Crippen molar-refractivity contribution in [3.05, 3.63) is 64.1 Å². The average Bonchev–Trinajstić information content (AvgIpc) is 2.93. The summed E-state index contributed by atoms with van der Waals surface area (Å²) < 4.78 is 6.02. The summed E-state index contributed by atoms with van der Waals surface area (Å²) in [7, 11) is 0. The van der Waals surface area contributed by atoms with Crippen molar-refractivity contribution in [1.82, 2.24) is 0 Å². The number of aliphatic carboxylic acids is 1. The number of carbonyl (C=O) groups is 2. The van der Waals surface area contributed by atoms with Crippen LogP contribution in [0.4, 0.5) is 5.69 Å². The van der Waals surface area contributed by atoms with Crippen molar-refractivity contribution in [2.24, 2.45) is 0 Å². The molecule has 1 saturated heterocycles. The van der Waals surface area contributed by atoms with Gasteiger partial charge in [0.05, 0.1) is 10.6 Å². The van der Waals surface area contributed by atoms with Crippen LogP contribution in [0.5, 0.6) is 5.75 Å². The molecule has 1 aliphatic heterocycles. The number of hydrogen-bond acceptors (Lipinski definition) is 5. The summed E-state index contributed by atoms with van der Waals surface area (Å²) in [4.78, 5) is 26.3. The molecule has 0 aromatic heterocycles. The molecule has 2 aromatic rings. The third-order valence-electron chi connectivity index (χ3n) is 4.47. The smallest absolute Gasteiger partial charge is 0.344 e. The molecule has 1 fully saturated rings. The molecule has 150 valence electrons. The highest BCUT2D eigenvalue weighted by molar-refractivity contribution is 8.27. The Bertz CT molecular complexity index is 1020. The van der Waals surface area contributed by atoms with Gasteiger partial charge in [-0.05, 0) is 55.7 Å². The van der Waals surface area contributed by atoms with Gasteiger partial charge in [0.15, 0.2) is 10.4 Å². The van der Waals surface area contributed by atoms with Crippen LogP contribution in [0.25, 0.3) is 6.08 Å². The van der Waals surface area contributed by atoms with Crippen molar-refractivity contribution < 1.29 is 19.4 Å². The van der Waals surface area contributed by atoms with Gasteiger partial charge < -0.3 is 9.84 Å². The van der Waals surface area contributed by atoms with Crippen molar-refractivity contribution in [1.29, 1.82) is 0 Å². The molecular weight excluding hydrogens is 406 g/mol. The lowest BCUT2D eigenvalue weighted by atomic mass is 10.1. The number of thioether (sulfide) groups is 1. The van der Waals surface area contributed by atoms with Crippen molar-refractivity contribution in [2.45, 2.75) is 33.3 Å². The van der Waals surface area contributed by atoms with E-state index in [4.69, 9.17) is 22.1 Å². The lowest BCUT2D eigenvalue weighted by molar-refractivity contribution is -0.145. The predicted octanol–water partition coefficient (Wildman–Crippen LogP) is 4.95. The second-order valence-electron chi connectivity index (χ2n) is 6.73. The molecule has 7 heteroatoms. The zero-order valence-electron chi connectivity index (χ0n) is 16.3. The van der Waals surface area contributed by atoms with Gasteiger partial charge in [0.2, 0.25) is 0 Å². The van der Waals surface area contributed by atoms with E-state index in [1.807, 2.05) is 38.1 Å². The zero-order valence-corrected chi connectivity index (χ0v) is 18.0. The second kappa shape index (κ2) is 8.80. The van der Waals surface area contributed by atoms with E-state index in [9.17, 15) is 9.59 Å². The lowest BCUT2D eigenvalue weighted by Gasteiger charge is -2.17. The number of carbonyl (C=O) groups excluding carboxylic acids is 1. The molecule has 0 bridgehead atoms. The van der Waals surface area contributed by atoms with Crippen LogP contribution in [0.3, 0.4) is 0 Å². The number of nitrogens with zero attached hydrogens (tertiary/aromatic N) is 1. The van der Waals surface area contributed by atoms with Crippen molar-refractivity contribution in [3.8, 4) is 5.75 Å². The molecule has 1 amide bonds. The van der Waals surface area contributed by atoms with Crippen LogP contribution in [0, 0.1) is 13.8 Å². The summed E-state index contributed by atoms with van der Waals surface area (Å²) in [6.45, 7) is 5.71. The zero-order chi connectivity index (χ0) is 21.1. The van der Waals surface area contributed by atoms with Gasteiger partial charge in [-0.2, -0.15) is 0 Å². The Hall–Kier alpha value is -2.64. The fourth-order valence-electron chi connectivity index (χ4n) is 3.03. The Kier molecular flexibility index (Phi) is 6.39. The molecule has 0 saturated carbocycles. The maximum atomic E-state index is 13.0. The summed E-state index contributed by atoms with van der Waals surface area (Å²) in [6.07, 6.45) is 1.19. The van der Waals surface area contributed by atoms with Crippen molar-refractivity contribution >= 4 is 51.9 Å². The highest BCUT2D eigenvalue weighted by Crippen LogP contribution is 2.37. The van der Waals surface area contributed by atoms with E-state index in [1.165, 1.54) is 11.8 Å². The van der Waals surface area contributed by atoms with Gasteiger partial charge in [-0.3, -0.25) is 9.69 Å². The first-order valence-corrected chi connectivity index (χ1v) is 10.4. The van der Waals surface area contributed by atoms with Gasteiger partial charge >= 0.3 is 5.97 Å². The van der Waals surface area contributed by atoms with E-state index in [0.717, 1.165) is 22.4 Å². The molecule has 3 rings (SSSR count). The Morgan fingerprint density at radius 1 is 1.28 bits per heavy atom. The molecule has 1 unspecified atom stereocenters. The largest absolute Gasteiger partial charge is 0.479 e. The highest BCUT2D eigenvalue weighted by Gasteiger charge is 2.34. The molecule has 29 heavy (non-hydrogen) atoms. The number of aryl methyl sites for hydroxylation is 2. The molecule has 0 radical (unpaired) electrons. The number of benzene rings is 2. The Balaban J connectivity index is 1.86. The fraction of sp³-hybridized carbons (Fsp3) is 0.227. The minimum Gasteiger partial charge on any atom is -0.479 e. The first-order chi connectivity index (χ1) is 13.8. The third-order valence-corrected chi connectivity index (χ3v) is 5.77. The van der Waals surface area contributed by atoms with E-state index < -0.39 is 12.1 Å². The average molecular weight is 428 g/mol. The van der Waals surface area contributed by atoms with Gasteiger partial charge in [-0.1, -0.05) is 60.7 Å². The quantitative estimate of drug-likeness (QED) is 0.520. The van der Waals surface area contributed by atoms with Gasteiger partial charge in [-0.15, -0.1) is 0 Å². The molecule has 0 spiro atoms. The number of hydrogen-bond donors (Lipinski definition) is 1. The normalized spacial score (nSPS) is 16.4. The third kappa shape index (κ3) is 4.68. The lowest BCUT2D eigenvalue weighted by Crippen LogP contribution is -2.28. The summed E-state index contributed by atoms with van der Waals surface area (Å²) in [6, 6.07) is 12.9. The predicted molar refractivity (Wildman–Crippen MR) is 120 cm³/mol. The number of anilines is 1. The van der Waals surface area contributed by atoms with E-state index >= 15 is 0 Å². The standard InChI is InChI=1S/C22H21NO4S2/c1-4-18(21(25)26)27-16-7-5-6-15(11-16)12-19-20(24)23(22(28)29-19)17-9-8-13(2)10-14(17)3/h5-12,18H,4H2,1-3H3,(H,25,26)/b19-12+. The number of carboxylic acids is 1. The van der Waals surface area contributed by atoms with Gasteiger partial charge in [-0.25, -0.2) is 4.79 Å². The molecule has 1 aliphatic rings. The Labute approximate surface area is 179 Å². The number of carboxylic acid groups (broad SMARTS) is 1. The summed E-state index contributed by atoms with van der Waals surface area (Å²) in [5, 5.41) is 9.17. The van der Waals surface area contributed by atoms with Crippen LogP contribution in [-0.2, 0) is 9.59 Å². The van der Waals surface area contributed by atoms with Crippen molar-refractivity contribution in [3.63, 3.8) is 0 Å². The van der Waals surface area contributed by atoms with Gasteiger partial charge in [0.25, 0.3) is 5.91 Å². The monoisotopic (exact) mass is 427 g/mol. The van der Waals surface area contributed by atoms with E-state index in [-0.39, 0.29) is 5.91 Å². The first kappa shape index (κ1) is 21.1. The SMILES string of the molecule is CCC(Oc1cccc(/C=C2/SC(=S)N(c3ccc(C)cc3C)C2=O)c1)C(=O)O. The number of amides is 1. The summed E-state index contributed by atoms with van der Waals surface area (Å²) in [5.74, 6) is -0.736. The Morgan fingerprint density at radius 2 is 2.03 bits per heavy atom. The summed E-state index contributed by atoms with van der Waals surface area (Å²) in [5.41, 5.74) is 3.63. The van der Waals surface area contributed by atoms with Crippen molar-refractivity contribution in [2.75, 3.05) is 4.90 Å². The minimum atomic E-state index is -1.01. The van der Waals surface area contributed by atoms with E-state index in [0.29, 0.717) is 21.4 Å². The highest BCUT2D eigenvalue weighted by atomic mass is 32.2. The van der Waals surface area contributed by atoms with Crippen LogP contribution in [0.15, 0.2) is 47.4 Å². The van der Waals surface area contributed by atoms with Crippen LogP contribution in [-0.4, -0.2) is 27.4 Å². The molecule has 1 heterocycles. The van der Waals surface area contributed by atoms with Crippen LogP contribution in [0.2, 0.25) is 0 Å². The van der Waals surface area contributed by atoms with Gasteiger partial charge in [0.1, 0.15) is 5.75 Å². The number of ether oxygens (including phenoxy) is 1. The van der Waals surface area contributed by atoms with Crippen LogP contribution in [0.1, 0.15) is 30.0 Å². The molecule has 1 atom stereocenters. The van der Waals surface area contributed by atoms with E-state index in [2.05, 4.69) is 0 Å². The molecule has 2 aromatic carbocycles. The van der Waals surface area contributed by atoms with E-state index in [1.54, 1.807) is 36.1 Å².